The van der Waals surface area contributed by atoms with Crippen LogP contribution in [0.25, 0.3) is 5.69 Å². The summed E-state index contributed by atoms with van der Waals surface area (Å²) in [4.78, 5) is 12.7. The van der Waals surface area contributed by atoms with Gasteiger partial charge in [0.15, 0.2) is 10.9 Å². The molecule has 31 heavy (non-hydrogen) atoms. The first-order valence-electron chi connectivity index (χ1n) is 11.4. The molecule has 7 rings (SSSR count). The molecule has 3 aromatic rings. The third kappa shape index (κ3) is 3.43. The van der Waals surface area contributed by atoms with E-state index in [2.05, 4.69) is 33.9 Å². The summed E-state index contributed by atoms with van der Waals surface area (Å²) in [5.41, 5.74) is 2.01. The maximum atomic E-state index is 12.7. The van der Waals surface area contributed by atoms with Crippen molar-refractivity contribution in [2.75, 3.05) is 5.75 Å². The van der Waals surface area contributed by atoms with Crippen molar-refractivity contribution in [1.29, 1.82) is 0 Å². The molecule has 0 atom stereocenters. The van der Waals surface area contributed by atoms with Gasteiger partial charge in [-0.1, -0.05) is 60.3 Å². The number of Topliss-reactive ketones (excluding diaryl/α,β-unsaturated/α-hetero) is 1. The van der Waals surface area contributed by atoms with Gasteiger partial charge >= 0.3 is 0 Å². The van der Waals surface area contributed by atoms with Crippen LogP contribution in [0.4, 0.5) is 0 Å². The van der Waals surface area contributed by atoms with E-state index in [1.165, 1.54) is 50.3 Å². The molecule has 0 spiro atoms. The van der Waals surface area contributed by atoms with Gasteiger partial charge in [-0.15, -0.1) is 10.2 Å². The molecule has 4 bridgehead atoms. The minimum atomic E-state index is 0.129. The van der Waals surface area contributed by atoms with Gasteiger partial charge in [0.25, 0.3) is 0 Å². The Labute approximate surface area is 187 Å². The summed E-state index contributed by atoms with van der Waals surface area (Å²) in [6, 6.07) is 20.0. The summed E-state index contributed by atoms with van der Waals surface area (Å²) in [6.07, 6.45) is 7.97. The van der Waals surface area contributed by atoms with Crippen LogP contribution >= 0.6 is 11.8 Å². The smallest absolute Gasteiger partial charge is 0.196 e. The van der Waals surface area contributed by atoms with Crippen molar-refractivity contribution in [3.63, 3.8) is 0 Å². The molecular formula is C26H27N3OS. The zero-order valence-corrected chi connectivity index (χ0v) is 18.4. The van der Waals surface area contributed by atoms with Crippen molar-refractivity contribution >= 4 is 17.5 Å². The molecule has 1 aromatic heterocycles. The molecule has 0 radical (unpaired) electrons. The largest absolute Gasteiger partial charge is 0.293 e. The molecule has 0 aliphatic heterocycles. The maximum absolute atomic E-state index is 12.7. The molecule has 2 aromatic carbocycles. The van der Waals surface area contributed by atoms with E-state index in [0.29, 0.717) is 5.75 Å². The van der Waals surface area contributed by atoms with Crippen LogP contribution in [-0.2, 0) is 5.41 Å². The molecule has 0 saturated heterocycles. The Kier molecular flexibility index (Phi) is 4.75. The van der Waals surface area contributed by atoms with E-state index in [-0.39, 0.29) is 11.2 Å². The summed E-state index contributed by atoms with van der Waals surface area (Å²) in [6.45, 7) is 0. The normalized spacial score (nSPS) is 28.7. The molecule has 4 fully saturated rings. The van der Waals surface area contributed by atoms with Crippen LogP contribution in [0.15, 0.2) is 65.8 Å². The third-order valence-corrected chi connectivity index (χ3v) is 8.52. The second-order valence-corrected chi connectivity index (χ2v) is 10.7. The standard InChI is InChI=1S/C26H27N3OS/c30-23(21-7-3-1-4-8-21)17-31-25-28-27-24(29(25)22-9-5-2-6-10-22)26-14-18-11-19(15-26)13-20(12-18)16-26/h1-10,18-20H,11-17H2. The van der Waals surface area contributed by atoms with Gasteiger partial charge in [-0.3, -0.25) is 9.36 Å². The number of carbonyl (C=O) groups is 1. The van der Waals surface area contributed by atoms with E-state index in [9.17, 15) is 4.79 Å². The van der Waals surface area contributed by atoms with Crippen molar-refractivity contribution in [3.05, 3.63) is 72.1 Å². The van der Waals surface area contributed by atoms with Crippen LogP contribution in [0.2, 0.25) is 0 Å². The van der Waals surface area contributed by atoms with Gasteiger partial charge in [0.05, 0.1) is 5.75 Å². The lowest BCUT2D eigenvalue weighted by Gasteiger charge is -2.56. The van der Waals surface area contributed by atoms with Crippen molar-refractivity contribution in [3.8, 4) is 5.69 Å². The minimum Gasteiger partial charge on any atom is -0.293 e. The van der Waals surface area contributed by atoms with Crippen LogP contribution in [-0.4, -0.2) is 26.3 Å². The number of benzene rings is 2. The molecular weight excluding hydrogens is 402 g/mol. The summed E-state index contributed by atoms with van der Waals surface area (Å²) >= 11 is 1.51. The molecule has 158 valence electrons. The quantitative estimate of drug-likeness (QED) is 0.372. The van der Waals surface area contributed by atoms with Gasteiger partial charge in [-0.2, -0.15) is 0 Å². The number of rotatable bonds is 6. The van der Waals surface area contributed by atoms with Crippen molar-refractivity contribution < 1.29 is 4.79 Å². The molecule has 4 saturated carbocycles. The SMILES string of the molecule is O=C(CSc1nnc(C23CC4CC(CC(C4)C2)C3)n1-c1ccccc1)c1ccccc1. The zero-order valence-electron chi connectivity index (χ0n) is 17.6. The van der Waals surface area contributed by atoms with Gasteiger partial charge in [0.2, 0.25) is 0 Å². The summed E-state index contributed by atoms with van der Waals surface area (Å²) in [5, 5.41) is 10.3. The van der Waals surface area contributed by atoms with Gasteiger partial charge < -0.3 is 0 Å². The Hall–Kier alpha value is -2.40. The first-order chi connectivity index (χ1) is 15.2. The lowest BCUT2D eigenvalue weighted by atomic mass is 9.49. The van der Waals surface area contributed by atoms with E-state index in [0.717, 1.165) is 40.0 Å². The number of ketones is 1. The van der Waals surface area contributed by atoms with Gasteiger partial charge in [0, 0.05) is 16.7 Å². The van der Waals surface area contributed by atoms with E-state index in [1.54, 1.807) is 0 Å². The Morgan fingerprint density at radius 3 is 2.06 bits per heavy atom. The van der Waals surface area contributed by atoms with Crippen molar-refractivity contribution in [1.82, 2.24) is 14.8 Å². The highest BCUT2D eigenvalue weighted by Crippen LogP contribution is 2.60. The van der Waals surface area contributed by atoms with Crippen molar-refractivity contribution in [2.24, 2.45) is 17.8 Å². The molecule has 0 amide bonds. The number of para-hydroxylation sites is 1. The van der Waals surface area contributed by atoms with Crippen LogP contribution in [0.1, 0.15) is 54.7 Å². The first kappa shape index (κ1) is 19.3. The molecule has 4 aliphatic rings. The molecule has 0 unspecified atom stereocenters. The van der Waals surface area contributed by atoms with Gasteiger partial charge in [-0.05, 0) is 68.4 Å². The topological polar surface area (TPSA) is 47.8 Å². The maximum Gasteiger partial charge on any atom is 0.196 e. The summed E-state index contributed by atoms with van der Waals surface area (Å²) in [7, 11) is 0. The Morgan fingerprint density at radius 1 is 0.871 bits per heavy atom. The zero-order chi connectivity index (χ0) is 20.8. The second kappa shape index (κ2) is 7.63. The highest BCUT2D eigenvalue weighted by molar-refractivity contribution is 7.99. The molecule has 4 nitrogen and oxygen atoms in total. The highest BCUT2D eigenvalue weighted by atomic mass is 32.2. The molecule has 4 aliphatic carbocycles. The number of carbonyl (C=O) groups excluding carboxylic acids is 1. The fraction of sp³-hybridized carbons (Fsp3) is 0.423. The Balaban J connectivity index is 1.36. The molecule has 5 heteroatoms. The average molecular weight is 430 g/mol. The van der Waals surface area contributed by atoms with Crippen molar-refractivity contribution in [2.45, 2.75) is 49.1 Å². The minimum absolute atomic E-state index is 0.129. The highest BCUT2D eigenvalue weighted by Gasteiger charge is 2.54. The van der Waals surface area contributed by atoms with E-state index >= 15 is 0 Å². The van der Waals surface area contributed by atoms with E-state index < -0.39 is 0 Å². The van der Waals surface area contributed by atoms with Crippen LogP contribution < -0.4 is 0 Å². The number of nitrogens with zero attached hydrogens (tertiary/aromatic N) is 3. The fourth-order valence-electron chi connectivity index (χ4n) is 6.74. The Morgan fingerprint density at radius 2 is 1.45 bits per heavy atom. The lowest BCUT2D eigenvalue weighted by Crippen LogP contribution is -2.49. The summed E-state index contributed by atoms with van der Waals surface area (Å²) in [5.74, 6) is 4.18. The van der Waals surface area contributed by atoms with E-state index in [1.807, 2.05) is 36.4 Å². The first-order valence-corrected chi connectivity index (χ1v) is 12.4. The Bertz CT molecular complexity index is 1060. The fourth-order valence-corrected chi connectivity index (χ4v) is 7.58. The third-order valence-electron chi connectivity index (χ3n) is 7.59. The predicted octanol–water partition coefficient (Wildman–Crippen LogP) is 5.71. The lowest BCUT2D eigenvalue weighted by molar-refractivity contribution is -0.0103. The molecule has 1 heterocycles. The number of thioether (sulfide) groups is 1. The molecule has 0 N–H and O–H groups in total. The van der Waals surface area contributed by atoms with Gasteiger partial charge in [0.1, 0.15) is 5.82 Å². The number of hydrogen-bond donors (Lipinski definition) is 0. The average Bonchev–Trinajstić information content (AvgIpc) is 3.23. The van der Waals surface area contributed by atoms with Crippen LogP contribution in [0.3, 0.4) is 0 Å². The van der Waals surface area contributed by atoms with Gasteiger partial charge in [-0.25, -0.2) is 0 Å². The number of aromatic nitrogens is 3. The number of hydrogen-bond acceptors (Lipinski definition) is 4. The monoisotopic (exact) mass is 429 g/mol. The summed E-state index contributed by atoms with van der Waals surface area (Å²) < 4.78 is 2.26. The van der Waals surface area contributed by atoms with E-state index in [4.69, 9.17) is 5.10 Å². The van der Waals surface area contributed by atoms with Crippen LogP contribution in [0.5, 0.6) is 0 Å². The second-order valence-electron chi connectivity index (χ2n) is 9.75. The predicted molar refractivity (Wildman–Crippen MR) is 123 cm³/mol. The van der Waals surface area contributed by atoms with Crippen LogP contribution in [0, 0.1) is 17.8 Å².